The van der Waals surface area contributed by atoms with Crippen molar-refractivity contribution in [1.29, 1.82) is 0 Å². The number of aromatic nitrogens is 1. The molecular weight excluding hydrogens is 376 g/mol. The van der Waals surface area contributed by atoms with Crippen LogP contribution in [0.4, 0.5) is 0 Å². The summed E-state index contributed by atoms with van der Waals surface area (Å²) in [7, 11) is 0. The van der Waals surface area contributed by atoms with Crippen molar-refractivity contribution in [1.82, 2.24) is 21.2 Å². The summed E-state index contributed by atoms with van der Waals surface area (Å²) >= 11 is 6.77. The third-order valence-corrected chi connectivity index (χ3v) is 6.17. The van der Waals surface area contributed by atoms with Crippen molar-refractivity contribution in [3.8, 4) is 10.6 Å². The summed E-state index contributed by atoms with van der Waals surface area (Å²) in [5.41, 5.74) is 8.13. The molecule has 3 rings (SSSR count). The Morgan fingerprint density at radius 2 is 1.96 bits per heavy atom. The molecule has 3 N–H and O–H groups in total. The first-order chi connectivity index (χ1) is 13.1. The van der Waals surface area contributed by atoms with Crippen molar-refractivity contribution < 1.29 is 4.79 Å². The first-order valence-corrected chi connectivity index (χ1v) is 10.8. The number of carbonyl (C=O) groups excluding carboxylic acids is 1. The summed E-state index contributed by atoms with van der Waals surface area (Å²) in [6.45, 7) is 4.37. The normalized spacial score (nSPS) is 19.3. The van der Waals surface area contributed by atoms with E-state index in [4.69, 9.17) is 12.2 Å². The molecule has 7 heteroatoms. The molecule has 27 heavy (non-hydrogen) atoms. The third kappa shape index (κ3) is 5.26. The van der Waals surface area contributed by atoms with Gasteiger partial charge in [0.1, 0.15) is 10.7 Å². The lowest BCUT2D eigenvalue weighted by molar-refractivity contribution is 0.0939. The summed E-state index contributed by atoms with van der Waals surface area (Å²) in [4.78, 5) is 16.8. The Hall–Kier alpha value is -1.99. The summed E-state index contributed by atoms with van der Waals surface area (Å²) in [6.07, 6.45) is 5.84. The highest BCUT2D eigenvalue weighted by Gasteiger charge is 2.22. The number of amides is 1. The molecule has 144 valence electrons. The van der Waals surface area contributed by atoms with E-state index in [1.807, 2.05) is 12.1 Å². The lowest BCUT2D eigenvalue weighted by Crippen LogP contribution is -2.51. The Labute approximate surface area is 169 Å². The Kier molecular flexibility index (Phi) is 6.79. The van der Waals surface area contributed by atoms with Crippen LogP contribution in [-0.2, 0) is 6.42 Å². The van der Waals surface area contributed by atoms with Gasteiger partial charge in [0.15, 0.2) is 5.11 Å². The molecule has 1 amide bonds. The van der Waals surface area contributed by atoms with Crippen LogP contribution in [0.5, 0.6) is 0 Å². The SMILES string of the molecule is CCc1ccc(-c2nc(C(=O)NNC(=S)N[C@@H]3CCCC[C@H]3C)cs2)cc1. The van der Waals surface area contributed by atoms with Crippen molar-refractivity contribution >= 4 is 34.6 Å². The quantitative estimate of drug-likeness (QED) is 0.532. The number of nitrogens with one attached hydrogen (secondary N) is 3. The van der Waals surface area contributed by atoms with Gasteiger partial charge in [-0.05, 0) is 43.0 Å². The zero-order valence-corrected chi connectivity index (χ0v) is 17.4. The van der Waals surface area contributed by atoms with Gasteiger partial charge in [-0.1, -0.05) is 51.0 Å². The number of thiazole rings is 1. The molecule has 1 heterocycles. The average Bonchev–Trinajstić information content (AvgIpc) is 3.18. The van der Waals surface area contributed by atoms with Gasteiger partial charge in [0.2, 0.25) is 0 Å². The topological polar surface area (TPSA) is 66.0 Å². The Morgan fingerprint density at radius 3 is 2.67 bits per heavy atom. The second-order valence-corrected chi connectivity index (χ2v) is 8.28. The Balaban J connectivity index is 1.52. The lowest BCUT2D eigenvalue weighted by Gasteiger charge is -2.30. The van der Waals surface area contributed by atoms with E-state index in [-0.39, 0.29) is 5.91 Å². The molecule has 2 aromatic rings. The lowest BCUT2D eigenvalue weighted by atomic mass is 9.86. The van der Waals surface area contributed by atoms with Gasteiger partial charge in [0.05, 0.1) is 0 Å². The number of hydrazine groups is 1. The number of aryl methyl sites for hydroxylation is 1. The van der Waals surface area contributed by atoms with Gasteiger partial charge in [-0.3, -0.25) is 15.6 Å². The van der Waals surface area contributed by atoms with E-state index >= 15 is 0 Å². The van der Waals surface area contributed by atoms with Crippen molar-refractivity contribution in [3.63, 3.8) is 0 Å². The first-order valence-electron chi connectivity index (χ1n) is 9.48. The smallest absolute Gasteiger partial charge is 0.289 e. The number of carbonyl (C=O) groups is 1. The standard InChI is InChI=1S/C20H26N4OS2/c1-3-14-8-10-15(11-9-14)19-21-17(12-27-19)18(25)23-24-20(26)22-16-7-5-4-6-13(16)2/h8-13,16H,3-7H2,1-2H3,(H,23,25)(H2,22,24,26)/t13-,16-/m1/s1. The van der Waals surface area contributed by atoms with E-state index in [9.17, 15) is 4.79 Å². The molecule has 1 saturated carbocycles. The largest absolute Gasteiger partial charge is 0.358 e. The summed E-state index contributed by atoms with van der Waals surface area (Å²) < 4.78 is 0. The number of hydrogen-bond acceptors (Lipinski definition) is 4. The van der Waals surface area contributed by atoms with Crippen LogP contribution in [0.25, 0.3) is 10.6 Å². The van der Waals surface area contributed by atoms with Crippen molar-refractivity contribution in [2.24, 2.45) is 5.92 Å². The molecule has 0 saturated heterocycles. The van der Waals surface area contributed by atoms with Crippen LogP contribution >= 0.6 is 23.6 Å². The molecule has 0 radical (unpaired) electrons. The van der Waals surface area contributed by atoms with Crippen LogP contribution in [0, 0.1) is 5.92 Å². The van der Waals surface area contributed by atoms with Crippen molar-refractivity contribution in [3.05, 3.63) is 40.9 Å². The number of thiocarbonyl (C=S) groups is 1. The Bertz CT molecular complexity index is 788. The third-order valence-electron chi connectivity index (χ3n) is 5.06. The second kappa shape index (κ2) is 9.28. The van der Waals surface area contributed by atoms with E-state index in [0.717, 1.165) is 23.4 Å². The van der Waals surface area contributed by atoms with Gasteiger partial charge in [0, 0.05) is 17.0 Å². The van der Waals surface area contributed by atoms with E-state index in [2.05, 4.69) is 47.1 Å². The van der Waals surface area contributed by atoms with Gasteiger partial charge in [-0.15, -0.1) is 11.3 Å². The minimum absolute atomic E-state index is 0.288. The van der Waals surface area contributed by atoms with E-state index in [1.54, 1.807) is 5.38 Å². The maximum atomic E-state index is 12.3. The van der Waals surface area contributed by atoms with Crippen LogP contribution in [0.1, 0.15) is 55.6 Å². The molecule has 1 aliphatic rings. The predicted molar refractivity (Wildman–Crippen MR) is 115 cm³/mol. The van der Waals surface area contributed by atoms with Gasteiger partial charge >= 0.3 is 0 Å². The van der Waals surface area contributed by atoms with Crippen LogP contribution in [-0.4, -0.2) is 22.0 Å². The van der Waals surface area contributed by atoms with Crippen molar-refractivity contribution in [2.75, 3.05) is 0 Å². The minimum atomic E-state index is -0.288. The fourth-order valence-electron chi connectivity index (χ4n) is 3.31. The van der Waals surface area contributed by atoms with E-state index < -0.39 is 0 Å². The fourth-order valence-corrected chi connectivity index (χ4v) is 4.31. The van der Waals surface area contributed by atoms with Crippen LogP contribution in [0.3, 0.4) is 0 Å². The molecule has 0 spiro atoms. The second-order valence-electron chi connectivity index (χ2n) is 7.01. The number of hydrogen-bond donors (Lipinski definition) is 3. The Morgan fingerprint density at radius 1 is 1.22 bits per heavy atom. The molecule has 2 atom stereocenters. The fraction of sp³-hybridized carbons (Fsp3) is 0.450. The summed E-state index contributed by atoms with van der Waals surface area (Å²) in [5, 5.41) is 6.35. The molecule has 0 aliphatic heterocycles. The van der Waals surface area contributed by atoms with Crippen molar-refractivity contribution in [2.45, 2.75) is 52.0 Å². The number of nitrogens with zero attached hydrogens (tertiary/aromatic N) is 1. The van der Waals surface area contributed by atoms with Crippen LogP contribution in [0.2, 0.25) is 0 Å². The average molecular weight is 403 g/mol. The molecular formula is C20H26N4OS2. The monoisotopic (exact) mass is 402 g/mol. The summed E-state index contributed by atoms with van der Waals surface area (Å²) in [6, 6.07) is 8.64. The molecule has 5 nitrogen and oxygen atoms in total. The zero-order chi connectivity index (χ0) is 19.2. The minimum Gasteiger partial charge on any atom is -0.358 e. The highest BCUT2D eigenvalue weighted by atomic mass is 32.1. The van der Waals surface area contributed by atoms with Crippen LogP contribution in [0.15, 0.2) is 29.6 Å². The molecule has 1 aromatic carbocycles. The van der Waals surface area contributed by atoms with Gasteiger partial charge in [-0.2, -0.15) is 0 Å². The number of rotatable bonds is 4. The van der Waals surface area contributed by atoms with Gasteiger partial charge < -0.3 is 5.32 Å². The molecule has 0 unspecified atom stereocenters. The predicted octanol–water partition coefficient (Wildman–Crippen LogP) is 4.06. The molecule has 1 aromatic heterocycles. The van der Waals surface area contributed by atoms with Gasteiger partial charge in [-0.25, -0.2) is 4.98 Å². The highest BCUT2D eigenvalue weighted by molar-refractivity contribution is 7.80. The van der Waals surface area contributed by atoms with E-state index in [0.29, 0.717) is 22.8 Å². The zero-order valence-electron chi connectivity index (χ0n) is 15.7. The molecule has 1 aliphatic carbocycles. The summed E-state index contributed by atoms with van der Waals surface area (Å²) in [5.74, 6) is 0.304. The maximum Gasteiger partial charge on any atom is 0.289 e. The number of benzene rings is 1. The highest BCUT2D eigenvalue weighted by Crippen LogP contribution is 2.24. The molecule has 1 fully saturated rings. The van der Waals surface area contributed by atoms with Crippen LogP contribution < -0.4 is 16.2 Å². The maximum absolute atomic E-state index is 12.3. The van der Waals surface area contributed by atoms with Gasteiger partial charge in [0.25, 0.3) is 5.91 Å². The van der Waals surface area contributed by atoms with E-state index in [1.165, 1.54) is 36.2 Å². The first kappa shape index (κ1) is 19.8. The molecule has 0 bridgehead atoms.